The topological polar surface area (TPSA) is 92.8 Å². The molecule has 0 spiro atoms. The first kappa shape index (κ1) is 14.5. The van der Waals surface area contributed by atoms with Crippen LogP contribution in [0.2, 0.25) is 5.02 Å². The molecule has 7 heteroatoms. The summed E-state index contributed by atoms with van der Waals surface area (Å²) < 4.78 is 22.5. The largest absolute Gasteiger partial charge is 0.507 e. The number of sulfonamides is 1. The molecule has 0 atom stereocenters. The lowest BCUT2D eigenvalue weighted by atomic mass is 10.2. The molecule has 2 rings (SSSR count). The van der Waals surface area contributed by atoms with E-state index in [1.165, 1.54) is 30.5 Å². The van der Waals surface area contributed by atoms with Crippen LogP contribution in [-0.2, 0) is 10.0 Å². The van der Waals surface area contributed by atoms with Crippen LogP contribution in [0.25, 0.3) is 0 Å². The second-order valence-electron chi connectivity index (χ2n) is 4.00. The van der Waals surface area contributed by atoms with E-state index in [1.807, 2.05) is 0 Å². The van der Waals surface area contributed by atoms with Crippen LogP contribution in [0.15, 0.2) is 52.4 Å². The Morgan fingerprint density at radius 2 is 1.95 bits per heavy atom. The molecular formula is C13H11ClN2O3S. The van der Waals surface area contributed by atoms with Crippen molar-refractivity contribution in [3.05, 3.63) is 53.1 Å². The van der Waals surface area contributed by atoms with Crippen molar-refractivity contribution >= 4 is 33.5 Å². The van der Waals surface area contributed by atoms with Gasteiger partial charge in [-0.1, -0.05) is 17.7 Å². The maximum atomic E-state index is 11.2. The summed E-state index contributed by atoms with van der Waals surface area (Å²) in [5, 5.41) is 15.1. The van der Waals surface area contributed by atoms with E-state index in [4.69, 9.17) is 16.7 Å². The molecule has 0 saturated heterocycles. The molecular weight excluding hydrogens is 300 g/mol. The Morgan fingerprint density at radius 3 is 2.65 bits per heavy atom. The Kier molecular flexibility index (Phi) is 4.08. The lowest BCUT2D eigenvalue weighted by molar-refractivity contribution is 0.474. The number of benzene rings is 2. The van der Waals surface area contributed by atoms with Crippen molar-refractivity contribution in [2.45, 2.75) is 4.90 Å². The molecule has 0 aromatic heterocycles. The molecule has 104 valence electrons. The smallest absolute Gasteiger partial charge is 0.238 e. The molecule has 2 aromatic rings. The fourth-order valence-corrected chi connectivity index (χ4v) is 2.25. The predicted molar refractivity (Wildman–Crippen MR) is 78.2 cm³/mol. The Labute approximate surface area is 121 Å². The summed E-state index contributed by atoms with van der Waals surface area (Å²) in [4.78, 5) is 4.06. The Morgan fingerprint density at radius 1 is 1.20 bits per heavy atom. The quantitative estimate of drug-likeness (QED) is 0.853. The number of halogens is 1. The van der Waals surface area contributed by atoms with E-state index in [9.17, 15) is 13.5 Å². The number of hydrogen-bond donors (Lipinski definition) is 2. The van der Waals surface area contributed by atoms with E-state index in [0.29, 0.717) is 16.3 Å². The molecule has 20 heavy (non-hydrogen) atoms. The second-order valence-corrected chi connectivity index (χ2v) is 6.00. The summed E-state index contributed by atoms with van der Waals surface area (Å²) in [6, 6.07) is 10.4. The van der Waals surface area contributed by atoms with Crippen LogP contribution in [0, 0.1) is 0 Å². The molecule has 0 fully saturated rings. The van der Waals surface area contributed by atoms with Gasteiger partial charge in [-0.2, -0.15) is 0 Å². The minimum absolute atomic E-state index is 0.0255. The normalized spacial score (nSPS) is 11.9. The molecule has 0 amide bonds. The van der Waals surface area contributed by atoms with Gasteiger partial charge in [0.2, 0.25) is 10.0 Å². The van der Waals surface area contributed by atoms with E-state index >= 15 is 0 Å². The SMILES string of the molecule is NS(=O)(=O)c1cccc(N=Cc2cc(Cl)ccc2O)c1. The fourth-order valence-electron chi connectivity index (χ4n) is 1.51. The van der Waals surface area contributed by atoms with Gasteiger partial charge in [-0.3, -0.25) is 4.99 Å². The van der Waals surface area contributed by atoms with Crippen molar-refractivity contribution in [1.29, 1.82) is 0 Å². The first-order valence-corrected chi connectivity index (χ1v) is 7.44. The van der Waals surface area contributed by atoms with Crippen molar-refractivity contribution in [3.8, 4) is 5.75 Å². The van der Waals surface area contributed by atoms with Crippen LogP contribution in [0.5, 0.6) is 5.75 Å². The molecule has 0 radical (unpaired) electrons. The van der Waals surface area contributed by atoms with Gasteiger partial charge in [0.25, 0.3) is 0 Å². The minimum atomic E-state index is -3.77. The van der Waals surface area contributed by atoms with E-state index < -0.39 is 10.0 Å². The van der Waals surface area contributed by atoms with Crippen molar-refractivity contribution in [2.75, 3.05) is 0 Å². The molecule has 0 bridgehead atoms. The van der Waals surface area contributed by atoms with Gasteiger partial charge in [0.15, 0.2) is 0 Å². The van der Waals surface area contributed by atoms with Crippen LogP contribution < -0.4 is 5.14 Å². The number of aliphatic imine (C=N–C) groups is 1. The highest BCUT2D eigenvalue weighted by Gasteiger charge is 2.07. The zero-order valence-corrected chi connectivity index (χ0v) is 11.8. The number of phenols is 1. The van der Waals surface area contributed by atoms with Gasteiger partial charge >= 0.3 is 0 Å². The van der Waals surface area contributed by atoms with Crippen molar-refractivity contribution < 1.29 is 13.5 Å². The maximum Gasteiger partial charge on any atom is 0.238 e. The zero-order valence-electron chi connectivity index (χ0n) is 10.2. The van der Waals surface area contributed by atoms with E-state index in [-0.39, 0.29) is 10.6 Å². The number of primary sulfonamides is 1. The lowest BCUT2D eigenvalue weighted by Crippen LogP contribution is -2.11. The first-order valence-electron chi connectivity index (χ1n) is 5.52. The van der Waals surface area contributed by atoms with Crippen molar-refractivity contribution in [2.24, 2.45) is 10.1 Å². The molecule has 0 saturated carbocycles. The van der Waals surface area contributed by atoms with Crippen molar-refractivity contribution in [1.82, 2.24) is 0 Å². The molecule has 3 N–H and O–H groups in total. The highest BCUT2D eigenvalue weighted by Crippen LogP contribution is 2.22. The summed E-state index contributed by atoms with van der Waals surface area (Å²) >= 11 is 5.82. The van der Waals surface area contributed by atoms with Gasteiger partial charge in [0.05, 0.1) is 10.6 Å². The third-order valence-electron chi connectivity index (χ3n) is 2.49. The fraction of sp³-hybridized carbons (Fsp3) is 0. The Bertz CT molecular complexity index is 773. The monoisotopic (exact) mass is 310 g/mol. The average Bonchev–Trinajstić information content (AvgIpc) is 2.39. The standard InChI is InChI=1S/C13H11ClN2O3S/c14-10-4-5-13(17)9(6-10)8-16-11-2-1-3-12(7-11)20(15,18)19/h1-8,17H,(H2,15,18,19). The van der Waals surface area contributed by atoms with Gasteiger partial charge in [0.1, 0.15) is 5.75 Å². The number of hydrogen-bond acceptors (Lipinski definition) is 4. The summed E-state index contributed by atoms with van der Waals surface area (Å²) in [5.74, 6) is 0.0285. The number of phenolic OH excluding ortho intramolecular Hbond substituents is 1. The molecule has 0 aliphatic rings. The lowest BCUT2D eigenvalue weighted by Gasteiger charge is -2.01. The van der Waals surface area contributed by atoms with Gasteiger partial charge in [-0.05, 0) is 36.4 Å². The minimum Gasteiger partial charge on any atom is -0.507 e. The molecule has 5 nitrogen and oxygen atoms in total. The summed E-state index contributed by atoms with van der Waals surface area (Å²) in [7, 11) is -3.77. The third kappa shape index (κ3) is 3.57. The van der Waals surface area contributed by atoms with E-state index in [2.05, 4.69) is 4.99 Å². The molecule has 2 aromatic carbocycles. The summed E-state index contributed by atoms with van der Waals surface area (Å²) in [6.45, 7) is 0. The Balaban J connectivity index is 2.35. The van der Waals surface area contributed by atoms with Gasteiger partial charge < -0.3 is 5.11 Å². The third-order valence-corrected chi connectivity index (χ3v) is 3.63. The van der Waals surface area contributed by atoms with Gasteiger partial charge in [0, 0.05) is 16.8 Å². The average molecular weight is 311 g/mol. The van der Waals surface area contributed by atoms with E-state index in [1.54, 1.807) is 18.2 Å². The van der Waals surface area contributed by atoms with Crippen molar-refractivity contribution in [3.63, 3.8) is 0 Å². The maximum absolute atomic E-state index is 11.2. The van der Waals surface area contributed by atoms with Crippen LogP contribution in [0.1, 0.15) is 5.56 Å². The zero-order chi connectivity index (χ0) is 14.8. The molecule has 0 aliphatic heterocycles. The molecule has 0 heterocycles. The summed E-state index contributed by atoms with van der Waals surface area (Å²) in [5.41, 5.74) is 0.828. The van der Waals surface area contributed by atoms with Crippen LogP contribution in [0.4, 0.5) is 5.69 Å². The number of rotatable bonds is 3. The first-order chi connectivity index (χ1) is 9.36. The second kappa shape index (κ2) is 5.62. The van der Waals surface area contributed by atoms with Gasteiger partial charge in [-0.25, -0.2) is 13.6 Å². The predicted octanol–water partition coefficient (Wildman–Crippen LogP) is 2.44. The highest BCUT2D eigenvalue weighted by molar-refractivity contribution is 7.89. The van der Waals surface area contributed by atoms with E-state index in [0.717, 1.165) is 0 Å². The summed E-state index contributed by atoms with van der Waals surface area (Å²) in [6.07, 6.45) is 1.39. The number of aromatic hydroxyl groups is 1. The molecule has 0 unspecified atom stereocenters. The molecule has 0 aliphatic carbocycles. The number of nitrogens with two attached hydrogens (primary N) is 1. The van der Waals surface area contributed by atoms with Crippen LogP contribution >= 0.6 is 11.6 Å². The Hall–Kier alpha value is -1.89. The van der Waals surface area contributed by atoms with Crippen LogP contribution in [-0.4, -0.2) is 19.7 Å². The van der Waals surface area contributed by atoms with Gasteiger partial charge in [-0.15, -0.1) is 0 Å². The van der Waals surface area contributed by atoms with Crippen LogP contribution in [0.3, 0.4) is 0 Å². The number of nitrogens with zero attached hydrogens (tertiary/aromatic N) is 1. The highest BCUT2D eigenvalue weighted by atomic mass is 35.5.